The highest BCUT2D eigenvalue weighted by Crippen LogP contribution is 2.40. The number of Topliss-reactive ketones (excluding diaryl/α,β-unsaturated/α-hetero) is 1. The van der Waals surface area contributed by atoms with E-state index >= 15 is 0 Å². The van der Waals surface area contributed by atoms with Gasteiger partial charge in [0.1, 0.15) is 5.78 Å². The number of carbonyl (C=O) groups excluding carboxylic acids is 1. The van der Waals surface area contributed by atoms with Gasteiger partial charge < -0.3 is 14.0 Å². The van der Waals surface area contributed by atoms with Crippen molar-refractivity contribution >= 4 is 22.4 Å². The lowest BCUT2D eigenvalue weighted by Gasteiger charge is -2.44. The van der Waals surface area contributed by atoms with Gasteiger partial charge in [0.05, 0.1) is 18.8 Å². The van der Waals surface area contributed by atoms with Crippen LogP contribution >= 0.6 is 0 Å². The molecule has 27 heavy (non-hydrogen) atoms. The summed E-state index contributed by atoms with van der Waals surface area (Å²) in [6.45, 7) is 28.0. The largest absolute Gasteiger partial charge is 0.414 e. The van der Waals surface area contributed by atoms with Crippen molar-refractivity contribution in [3.63, 3.8) is 0 Å². The summed E-state index contributed by atoms with van der Waals surface area (Å²) in [6.07, 6.45) is -0.961. The molecular formula is C21H46O4Si2. The molecule has 0 aromatic rings. The van der Waals surface area contributed by atoms with Gasteiger partial charge in [-0.05, 0) is 43.2 Å². The minimum Gasteiger partial charge on any atom is -0.414 e. The predicted octanol–water partition coefficient (Wildman–Crippen LogP) is 5.62. The van der Waals surface area contributed by atoms with E-state index in [1.54, 1.807) is 6.92 Å². The maximum absolute atomic E-state index is 11.8. The van der Waals surface area contributed by atoms with Crippen LogP contribution in [-0.2, 0) is 13.6 Å². The van der Waals surface area contributed by atoms with Gasteiger partial charge in [0.25, 0.3) is 0 Å². The number of aliphatic hydroxyl groups is 1. The Hall–Kier alpha value is -0.0162. The van der Waals surface area contributed by atoms with Crippen LogP contribution in [0.3, 0.4) is 0 Å². The summed E-state index contributed by atoms with van der Waals surface area (Å²) < 4.78 is 13.2. The van der Waals surface area contributed by atoms with Gasteiger partial charge in [-0.25, -0.2) is 0 Å². The molecule has 162 valence electrons. The lowest BCUT2D eigenvalue weighted by molar-refractivity contribution is -0.126. The van der Waals surface area contributed by atoms with E-state index in [4.69, 9.17) is 8.85 Å². The molecule has 0 unspecified atom stereocenters. The van der Waals surface area contributed by atoms with Crippen LogP contribution in [0.15, 0.2) is 0 Å². The maximum atomic E-state index is 11.8. The van der Waals surface area contributed by atoms with Gasteiger partial charge in [0.2, 0.25) is 0 Å². The molecule has 6 heteroatoms. The van der Waals surface area contributed by atoms with Gasteiger partial charge in [0, 0.05) is 11.8 Å². The molecular weight excluding hydrogens is 372 g/mol. The minimum atomic E-state index is -2.04. The lowest BCUT2D eigenvalue weighted by atomic mass is 9.87. The van der Waals surface area contributed by atoms with Crippen LogP contribution in [0.4, 0.5) is 0 Å². The molecule has 0 aliphatic heterocycles. The quantitative estimate of drug-likeness (QED) is 0.494. The zero-order chi connectivity index (χ0) is 22.0. The van der Waals surface area contributed by atoms with Gasteiger partial charge in [-0.3, -0.25) is 4.79 Å². The summed E-state index contributed by atoms with van der Waals surface area (Å²) in [7, 11) is -3.97. The second-order valence-electron chi connectivity index (χ2n) is 11.2. The van der Waals surface area contributed by atoms with Crippen LogP contribution in [0.1, 0.15) is 62.3 Å². The Morgan fingerprint density at radius 2 is 1.33 bits per heavy atom. The van der Waals surface area contributed by atoms with Crippen molar-refractivity contribution in [1.82, 2.24) is 0 Å². The molecule has 0 fully saturated rings. The molecule has 0 saturated carbocycles. The second-order valence-corrected chi connectivity index (χ2v) is 20.8. The van der Waals surface area contributed by atoms with Crippen LogP contribution in [0.2, 0.25) is 36.3 Å². The van der Waals surface area contributed by atoms with Crippen molar-refractivity contribution in [3.05, 3.63) is 0 Å². The molecule has 1 N–H and O–H groups in total. The third-order valence-electron chi connectivity index (χ3n) is 6.95. The Kier molecular flexibility index (Phi) is 9.20. The highest BCUT2D eigenvalue weighted by molar-refractivity contribution is 6.74. The SMILES string of the molecule is CC(=O)[C@H](C)[C@H](O)[C@@H](C)[C@@H](CO[Si](C)(C)C(C)(C)C)O[Si](C)(C)C(C)(C)C. The standard InChI is InChI=1S/C21H46O4Si2/c1-15(17(3)22)19(23)16(2)18(25-27(12,13)21(7,8)9)14-24-26(10,11)20(4,5)6/h15-16,18-19,23H,14H2,1-13H3/t15-,16-,18+,19-/m0/s1. The zero-order valence-corrected chi connectivity index (χ0v) is 22.2. The number of rotatable bonds is 9. The summed E-state index contributed by atoms with van der Waals surface area (Å²) in [5, 5.41) is 11.0. The molecule has 0 aliphatic carbocycles. The molecule has 0 amide bonds. The maximum Gasteiger partial charge on any atom is 0.192 e. The van der Waals surface area contributed by atoms with Crippen molar-refractivity contribution in [2.45, 2.75) is 111 Å². The smallest absolute Gasteiger partial charge is 0.192 e. The summed E-state index contributed by atoms with van der Waals surface area (Å²) in [5.74, 6) is -0.577. The van der Waals surface area contributed by atoms with Crippen LogP contribution in [-0.4, -0.2) is 46.3 Å². The van der Waals surface area contributed by atoms with Crippen molar-refractivity contribution in [3.8, 4) is 0 Å². The average Bonchev–Trinajstić information content (AvgIpc) is 2.46. The molecule has 0 spiro atoms. The summed E-state index contributed by atoms with van der Waals surface area (Å²) in [6, 6.07) is 0. The summed E-state index contributed by atoms with van der Waals surface area (Å²) in [5.41, 5.74) is 0. The zero-order valence-electron chi connectivity index (χ0n) is 20.2. The Morgan fingerprint density at radius 3 is 1.67 bits per heavy atom. The monoisotopic (exact) mass is 418 g/mol. The van der Waals surface area contributed by atoms with Crippen molar-refractivity contribution in [1.29, 1.82) is 0 Å². The number of ketones is 1. The normalized spacial score (nSPS) is 18.7. The van der Waals surface area contributed by atoms with E-state index in [9.17, 15) is 9.90 Å². The Bertz CT molecular complexity index is 489. The van der Waals surface area contributed by atoms with E-state index in [0.717, 1.165) is 0 Å². The van der Waals surface area contributed by atoms with Crippen molar-refractivity contribution in [2.75, 3.05) is 6.61 Å². The molecule has 0 aliphatic rings. The molecule has 0 rings (SSSR count). The molecule has 0 heterocycles. The molecule has 0 aromatic carbocycles. The Labute approximate surface area is 170 Å². The topological polar surface area (TPSA) is 55.8 Å². The van der Waals surface area contributed by atoms with E-state index in [-0.39, 0.29) is 27.9 Å². The van der Waals surface area contributed by atoms with E-state index in [0.29, 0.717) is 6.61 Å². The molecule has 4 atom stereocenters. The fourth-order valence-electron chi connectivity index (χ4n) is 2.27. The fraction of sp³-hybridized carbons (Fsp3) is 0.952. The van der Waals surface area contributed by atoms with Crippen LogP contribution < -0.4 is 0 Å². The van der Waals surface area contributed by atoms with Crippen LogP contribution in [0, 0.1) is 11.8 Å². The second kappa shape index (κ2) is 9.20. The number of aliphatic hydroxyl groups excluding tert-OH is 1. The molecule has 0 aromatic heterocycles. The first-order chi connectivity index (χ1) is 11.7. The molecule has 4 nitrogen and oxygen atoms in total. The van der Waals surface area contributed by atoms with Gasteiger partial charge >= 0.3 is 0 Å². The first-order valence-electron chi connectivity index (χ1n) is 10.2. The first-order valence-corrected chi connectivity index (χ1v) is 16.1. The summed E-state index contributed by atoms with van der Waals surface area (Å²) in [4.78, 5) is 11.8. The van der Waals surface area contributed by atoms with E-state index < -0.39 is 28.7 Å². The third-order valence-corrected chi connectivity index (χ3v) is 16.0. The number of hydrogen-bond donors (Lipinski definition) is 1. The molecule has 0 saturated heterocycles. The van der Waals surface area contributed by atoms with Gasteiger partial charge in [0.15, 0.2) is 16.6 Å². The van der Waals surface area contributed by atoms with Crippen molar-refractivity contribution < 1.29 is 18.8 Å². The number of carbonyl (C=O) groups is 1. The summed E-state index contributed by atoms with van der Waals surface area (Å²) >= 11 is 0. The van der Waals surface area contributed by atoms with E-state index in [1.807, 2.05) is 6.92 Å². The van der Waals surface area contributed by atoms with Crippen molar-refractivity contribution in [2.24, 2.45) is 11.8 Å². The average molecular weight is 419 g/mol. The molecule has 0 radical (unpaired) electrons. The lowest BCUT2D eigenvalue weighted by Crippen LogP contribution is -2.51. The van der Waals surface area contributed by atoms with E-state index in [1.165, 1.54) is 6.92 Å². The fourth-order valence-corrected chi connectivity index (χ4v) is 4.68. The highest BCUT2D eigenvalue weighted by atomic mass is 28.4. The van der Waals surface area contributed by atoms with Crippen LogP contribution in [0.25, 0.3) is 0 Å². The third kappa shape index (κ3) is 7.39. The predicted molar refractivity (Wildman–Crippen MR) is 120 cm³/mol. The van der Waals surface area contributed by atoms with Gasteiger partial charge in [-0.1, -0.05) is 55.4 Å². The highest BCUT2D eigenvalue weighted by Gasteiger charge is 2.44. The Morgan fingerprint density at radius 1 is 0.926 bits per heavy atom. The van der Waals surface area contributed by atoms with Crippen LogP contribution in [0.5, 0.6) is 0 Å². The van der Waals surface area contributed by atoms with Gasteiger partial charge in [-0.2, -0.15) is 0 Å². The molecule has 0 bridgehead atoms. The minimum absolute atomic E-state index is 0.00532. The Balaban J connectivity index is 5.60. The number of hydrogen-bond acceptors (Lipinski definition) is 4. The van der Waals surface area contributed by atoms with Gasteiger partial charge in [-0.15, -0.1) is 0 Å². The van der Waals surface area contributed by atoms with E-state index in [2.05, 4.69) is 67.7 Å². The first kappa shape index (κ1) is 27.0.